The predicted octanol–water partition coefficient (Wildman–Crippen LogP) is 4.32. The molecule has 0 aliphatic carbocycles. The van der Waals surface area contributed by atoms with Gasteiger partial charge in [0.2, 0.25) is 0 Å². The maximum Gasteiger partial charge on any atom is 0.259 e. The molecule has 1 aliphatic rings. The molecule has 7 nitrogen and oxygen atoms in total. The SMILES string of the molecule is CCCc1noc2nc(-c3ccco3)cc(C(=O)N3CCC(CCNC)CC3)c12.Cl. The number of likely N-dealkylation sites (tertiary alicyclic amines) is 1. The first-order valence-electron chi connectivity index (χ1n) is 10.5. The molecule has 0 saturated carbocycles. The molecule has 0 unspecified atom stereocenters. The fourth-order valence-electron chi connectivity index (χ4n) is 4.08. The predicted molar refractivity (Wildman–Crippen MR) is 118 cm³/mol. The van der Waals surface area contributed by atoms with E-state index in [-0.39, 0.29) is 18.3 Å². The second kappa shape index (κ2) is 10.1. The van der Waals surface area contributed by atoms with Crippen LogP contribution in [-0.2, 0) is 6.42 Å². The van der Waals surface area contributed by atoms with Crippen LogP contribution in [0.1, 0.15) is 48.7 Å². The van der Waals surface area contributed by atoms with Gasteiger partial charge in [-0.3, -0.25) is 4.79 Å². The maximum atomic E-state index is 13.5. The highest BCUT2D eigenvalue weighted by Gasteiger charge is 2.28. The zero-order chi connectivity index (χ0) is 20.2. The van der Waals surface area contributed by atoms with Crippen LogP contribution in [0.25, 0.3) is 22.6 Å². The summed E-state index contributed by atoms with van der Waals surface area (Å²) in [5, 5.41) is 8.15. The summed E-state index contributed by atoms with van der Waals surface area (Å²) in [7, 11) is 1.98. The van der Waals surface area contributed by atoms with Crippen LogP contribution in [0.5, 0.6) is 0 Å². The summed E-state index contributed by atoms with van der Waals surface area (Å²) in [5.41, 5.74) is 2.40. The number of piperidine rings is 1. The van der Waals surface area contributed by atoms with E-state index in [1.165, 1.54) is 0 Å². The van der Waals surface area contributed by atoms with Crippen LogP contribution in [0.3, 0.4) is 0 Å². The summed E-state index contributed by atoms with van der Waals surface area (Å²) in [4.78, 5) is 20.0. The van der Waals surface area contributed by atoms with Crippen LogP contribution in [0.4, 0.5) is 0 Å². The Morgan fingerprint density at radius 2 is 2.13 bits per heavy atom. The van der Waals surface area contributed by atoms with Crippen LogP contribution < -0.4 is 5.32 Å². The normalized spacial score (nSPS) is 14.8. The zero-order valence-electron chi connectivity index (χ0n) is 17.5. The van der Waals surface area contributed by atoms with E-state index < -0.39 is 0 Å². The van der Waals surface area contributed by atoms with E-state index in [0.29, 0.717) is 28.6 Å². The Morgan fingerprint density at radius 1 is 1.33 bits per heavy atom. The molecule has 1 fully saturated rings. The van der Waals surface area contributed by atoms with Crippen LogP contribution >= 0.6 is 12.4 Å². The van der Waals surface area contributed by atoms with E-state index in [1.54, 1.807) is 6.26 Å². The van der Waals surface area contributed by atoms with Gasteiger partial charge in [0.15, 0.2) is 5.76 Å². The summed E-state index contributed by atoms with van der Waals surface area (Å²) in [6, 6.07) is 5.47. The number of aromatic nitrogens is 2. The third-order valence-electron chi connectivity index (χ3n) is 5.71. The number of halogens is 1. The van der Waals surface area contributed by atoms with Gasteiger partial charge >= 0.3 is 0 Å². The van der Waals surface area contributed by atoms with Crippen molar-refractivity contribution in [3.63, 3.8) is 0 Å². The molecule has 4 rings (SSSR count). The van der Waals surface area contributed by atoms with Crippen molar-refractivity contribution >= 4 is 29.4 Å². The Labute approximate surface area is 182 Å². The molecule has 4 heterocycles. The fraction of sp³-hybridized carbons (Fsp3) is 0.500. The Hall–Kier alpha value is -2.38. The lowest BCUT2D eigenvalue weighted by Gasteiger charge is -2.32. The highest BCUT2D eigenvalue weighted by Crippen LogP contribution is 2.30. The van der Waals surface area contributed by atoms with Crippen molar-refractivity contribution in [1.82, 2.24) is 20.4 Å². The lowest BCUT2D eigenvalue weighted by atomic mass is 9.93. The largest absolute Gasteiger partial charge is 0.463 e. The number of pyridine rings is 1. The quantitative estimate of drug-likeness (QED) is 0.598. The Balaban J connectivity index is 0.00000256. The molecule has 1 amide bonds. The Morgan fingerprint density at radius 3 is 2.80 bits per heavy atom. The molecule has 0 atom stereocenters. The molecule has 1 N–H and O–H groups in total. The van der Waals surface area contributed by atoms with Gasteiger partial charge in [-0.05, 0) is 63.4 Å². The van der Waals surface area contributed by atoms with Gasteiger partial charge < -0.3 is 19.2 Å². The van der Waals surface area contributed by atoms with Crippen molar-refractivity contribution in [3.05, 3.63) is 35.7 Å². The van der Waals surface area contributed by atoms with Gasteiger partial charge in [0.05, 0.1) is 22.9 Å². The Kier molecular flexibility index (Phi) is 7.50. The molecule has 1 saturated heterocycles. The van der Waals surface area contributed by atoms with Crippen molar-refractivity contribution < 1.29 is 13.7 Å². The summed E-state index contributed by atoms with van der Waals surface area (Å²) in [6.07, 6.45) is 6.51. The second-order valence-corrected chi connectivity index (χ2v) is 7.72. The minimum atomic E-state index is 0. The smallest absolute Gasteiger partial charge is 0.259 e. The van der Waals surface area contributed by atoms with Crippen LogP contribution in [0.2, 0.25) is 0 Å². The minimum Gasteiger partial charge on any atom is -0.463 e. The highest BCUT2D eigenvalue weighted by molar-refractivity contribution is 6.07. The van der Waals surface area contributed by atoms with Crippen molar-refractivity contribution in [3.8, 4) is 11.5 Å². The van der Waals surface area contributed by atoms with Crippen molar-refractivity contribution in [2.75, 3.05) is 26.7 Å². The number of hydrogen-bond acceptors (Lipinski definition) is 6. The first-order valence-corrected chi connectivity index (χ1v) is 10.5. The van der Waals surface area contributed by atoms with E-state index in [0.717, 1.165) is 62.8 Å². The number of carbonyl (C=O) groups excluding carboxylic acids is 1. The molecular weight excluding hydrogens is 404 g/mol. The highest BCUT2D eigenvalue weighted by atomic mass is 35.5. The second-order valence-electron chi connectivity index (χ2n) is 7.72. The fourth-order valence-corrected chi connectivity index (χ4v) is 4.08. The molecule has 0 spiro atoms. The van der Waals surface area contributed by atoms with Gasteiger partial charge in [-0.2, -0.15) is 0 Å². The maximum absolute atomic E-state index is 13.5. The number of furan rings is 1. The van der Waals surface area contributed by atoms with Crippen LogP contribution in [0, 0.1) is 5.92 Å². The summed E-state index contributed by atoms with van der Waals surface area (Å²) < 4.78 is 11.0. The van der Waals surface area contributed by atoms with Crippen molar-refractivity contribution in [1.29, 1.82) is 0 Å². The lowest BCUT2D eigenvalue weighted by molar-refractivity contribution is 0.0689. The summed E-state index contributed by atoms with van der Waals surface area (Å²) in [6.45, 7) is 4.67. The summed E-state index contributed by atoms with van der Waals surface area (Å²) >= 11 is 0. The monoisotopic (exact) mass is 432 g/mol. The first kappa shape index (κ1) is 22.3. The zero-order valence-corrected chi connectivity index (χ0v) is 18.3. The van der Waals surface area contributed by atoms with Gasteiger partial charge in [-0.15, -0.1) is 12.4 Å². The number of amides is 1. The van der Waals surface area contributed by atoms with E-state index in [1.807, 2.05) is 30.1 Å². The van der Waals surface area contributed by atoms with Gasteiger partial charge in [0, 0.05) is 13.1 Å². The molecule has 0 aromatic carbocycles. The first-order chi connectivity index (χ1) is 14.2. The van der Waals surface area contributed by atoms with Crippen LogP contribution in [0.15, 0.2) is 33.4 Å². The number of aryl methyl sites for hydroxylation is 1. The van der Waals surface area contributed by atoms with Crippen LogP contribution in [-0.4, -0.2) is 47.6 Å². The van der Waals surface area contributed by atoms with E-state index in [9.17, 15) is 4.79 Å². The summed E-state index contributed by atoms with van der Waals surface area (Å²) in [5.74, 6) is 1.31. The number of rotatable bonds is 7. The molecule has 1 aliphatic heterocycles. The number of nitrogens with one attached hydrogen (secondary N) is 1. The topological polar surface area (TPSA) is 84.4 Å². The van der Waals surface area contributed by atoms with E-state index >= 15 is 0 Å². The molecule has 162 valence electrons. The van der Waals surface area contributed by atoms with E-state index in [4.69, 9.17) is 8.94 Å². The van der Waals surface area contributed by atoms with Crippen molar-refractivity contribution in [2.24, 2.45) is 5.92 Å². The molecule has 3 aromatic rings. The van der Waals surface area contributed by atoms with Gasteiger partial charge in [0.1, 0.15) is 5.69 Å². The van der Waals surface area contributed by atoms with Gasteiger partial charge in [-0.25, -0.2) is 4.98 Å². The number of nitrogens with zero attached hydrogens (tertiary/aromatic N) is 3. The third kappa shape index (κ3) is 4.52. The van der Waals surface area contributed by atoms with Gasteiger partial charge in [0.25, 0.3) is 11.6 Å². The van der Waals surface area contributed by atoms with Gasteiger partial charge in [-0.1, -0.05) is 18.5 Å². The molecular formula is C22H29ClN4O3. The Bertz CT molecular complexity index is 962. The molecule has 0 bridgehead atoms. The standard InChI is InChI=1S/C22H28N4O3.ClH/c1-3-5-17-20-16(22(27)26-11-8-15(9-12-26)7-10-23-2)14-18(19-6-4-13-28-19)24-21(20)29-25-17;/h4,6,13-15,23H,3,5,7-12H2,1-2H3;1H. The molecule has 8 heteroatoms. The number of fused-ring (bicyclic) bond motifs is 1. The average molecular weight is 433 g/mol. The number of hydrogen-bond donors (Lipinski definition) is 1. The average Bonchev–Trinajstić information content (AvgIpc) is 3.42. The van der Waals surface area contributed by atoms with Crippen molar-refractivity contribution in [2.45, 2.75) is 39.0 Å². The third-order valence-corrected chi connectivity index (χ3v) is 5.71. The minimum absolute atomic E-state index is 0. The molecule has 30 heavy (non-hydrogen) atoms. The lowest BCUT2D eigenvalue weighted by Crippen LogP contribution is -2.39. The molecule has 3 aromatic heterocycles. The molecule has 0 radical (unpaired) electrons. The van der Waals surface area contributed by atoms with E-state index in [2.05, 4.69) is 22.4 Å². The number of carbonyl (C=O) groups is 1.